The Balaban J connectivity index is 2.80. The van der Waals surface area contributed by atoms with Crippen molar-refractivity contribution < 1.29 is 9.50 Å². The Morgan fingerprint density at radius 3 is 2.85 bits per heavy atom. The van der Waals surface area contributed by atoms with Gasteiger partial charge in [0, 0.05) is 19.0 Å². The van der Waals surface area contributed by atoms with Crippen LogP contribution in [-0.4, -0.2) is 29.7 Å². The molecule has 0 bridgehead atoms. The van der Waals surface area contributed by atoms with E-state index in [4.69, 9.17) is 10.4 Å². The van der Waals surface area contributed by atoms with Crippen LogP contribution in [0.3, 0.4) is 0 Å². The Labute approximate surface area is 119 Å². The Morgan fingerprint density at radius 1 is 1.45 bits per heavy atom. The van der Waals surface area contributed by atoms with Crippen LogP contribution >= 0.6 is 0 Å². The van der Waals surface area contributed by atoms with Gasteiger partial charge < -0.3 is 5.11 Å². The second kappa shape index (κ2) is 8.32. The van der Waals surface area contributed by atoms with Crippen molar-refractivity contribution in [1.29, 1.82) is 5.26 Å². The molecule has 4 heteroatoms. The van der Waals surface area contributed by atoms with Crippen LogP contribution in [0, 0.1) is 29.0 Å². The summed E-state index contributed by atoms with van der Waals surface area (Å²) in [5, 5.41) is 17.4. The van der Waals surface area contributed by atoms with Gasteiger partial charge in [-0.05, 0) is 31.7 Å². The van der Waals surface area contributed by atoms with Crippen molar-refractivity contribution in [3.05, 3.63) is 35.1 Å². The number of hydrogen-bond acceptors (Lipinski definition) is 3. The van der Waals surface area contributed by atoms with Crippen LogP contribution in [0.15, 0.2) is 18.2 Å². The molecule has 3 nitrogen and oxygen atoms in total. The van der Waals surface area contributed by atoms with Gasteiger partial charge in [0.15, 0.2) is 0 Å². The van der Waals surface area contributed by atoms with Crippen LogP contribution in [0.4, 0.5) is 4.39 Å². The van der Waals surface area contributed by atoms with E-state index in [2.05, 4.69) is 17.9 Å². The molecule has 0 saturated heterocycles. The number of nitrogens with zero attached hydrogens (tertiary/aromatic N) is 2. The predicted octanol–water partition coefficient (Wildman–Crippen LogP) is 2.29. The molecule has 1 aromatic carbocycles. The van der Waals surface area contributed by atoms with Crippen molar-refractivity contribution in [1.82, 2.24) is 4.90 Å². The molecule has 1 aromatic rings. The third-order valence-electron chi connectivity index (χ3n) is 3.06. The maximum atomic E-state index is 13.6. The highest BCUT2D eigenvalue weighted by atomic mass is 19.1. The van der Waals surface area contributed by atoms with E-state index in [0.717, 1.165) is 5.56 Å². The molecule has 20 heavy (non-hydrogen) atoms. The first-order valence-electron chi connectivity index (χ1n) is 6.53. The SMILES string of the molecule is CC(CC#N)N(C)Cc1ccc(F)c(C#CCCO)c1. The van der Waals surface area contributed by atoms with E-state index in [1.807, 2.05) is 18.9 Å². The van der Waals surface area contributed by atoms with Gasteiger partial charge in [0.25, 0.3) is 0 Å². The summed E-state index contributed by atoms with van der Waals surface area (Å²) in [6.45, 7) is 2.59. The first-order valence-corrected chi connectivity index (χ1v) is 6.53. The molecule has 0 saturated carbocycles. The van der Waals surface area contributed by atoms with E-state index in [1.54, 1.807) is 12.1 Å². The lowest BCUT2D eigenvalue weighted by Crippen LogP contribution is -2.28. The number of benzene rings is 1. The average molecular weight is 274 g/mol. The lowest BCUT2D eigenvalue weighted by Gasteiger charge is -2.22. The van der Waals surface area contributed by atoms with Crippen molar-refractivity contribution in [2.75, 3.05) is 13.7 Å². The molecule has 0 radical (unpaired) electrons. The van der Waals surface area contributed by atoms with Crippen LogP contribution in [0.2, 0.25) is 0 Å². The number of hydrogen-bond donors (Lipinski definition) is 1. The van der Waals surface area contributed by atoms with Crippen molar-refractivity contribution in [2.45, 2.75) is 32.4 Å². The van der Waals surface area contributed by atoms with Crippen LogP contribution in [0.5, 0.6) is 0 Å². The quantitative estimate of drug-likeness (QED) is 0.838. The van der Waals surface area contributed by atoms with E-state index >= 15 is 0 Å². The van der Waals surface area contributed by atoms with Crippen molar-refractivity contribution in [3.63, 3.8) is 0 Å². The monoisotopic (exact) mass is 274 g/mol. The molecule has 0 amide bonds. The number of halogens is 1. The van der Waals surface area contributed by atoms with Crippen molar-refractivity contribution in [2.24, 2.45) is 0 Å². The molecule has 106 valence electrons. The summed E-state index contributed by atoms with van der Waals surface area (Å²) in [5.41, 5.74) is 1.30. The summed E-state index contributed by atoms with van der Waals surface area (Å²) in [6.07, 6.45) is 0.795. The largest absolute Gasteiger partial charge is 0.395 e. The topological polar surface area (TPSA) is 47.3 Å². The van der Waals surface area contributed by atoms with Gasteiger partial charge in [0.05, 0.1) is 24.7 Å². The van der Waals surface area contributed by atoms with E-state index in [-0.39, 0.29) is 18.5 Å². The number of aliphatic hydroxyl groups excluding tert-OH is 1. The second-order valence-electron chi connectivity index (χ2n) is 4.72. The highest BCUT2D eigenvalue weighted by Gasteiger charge is 2.10. The normalized spacial score (nSPS) is 11.6. The molecule has 1 atom stereocenters. The van der Waals surface area contributed by atoms with Gasteiger partial charge in [-0.1, -0.05) is 17.9 Å². The lowest BCUT2D eigenvalue weighted by molar-refractivity contribution is 0.252. The Bertz CT molecular complexity index is 540. The third kappa shape index (κ3) is 5.01. The zero-order valence-corrected chi connectivity index (χ0v) is 11.9. The van der Waals surface area contributed by atoms with Crippen LogP contribution in [0.1, 0.15) is 30.9 Å². The second-order valence-corrected chi connectivity index (χ2v) is 4.72. The molecule has 0 spiro atoms. The van der Waals surface area contributed by atoms with Gasteiger partial charge in [-0.3, -0.25) is 4.90 Å². The summed E-state index contributed by atoms with van der Waals surface area (Å²) >= 11 is 0. The van der Waals surface area contributed by atoms with E-state index < -0.39 is 0 Å². The Hall–Kier alpha value is -1.88. The molecule has 0 heterocycles. The van der Waals surface area contributed by atoms with Gasteiger partial charge in [-0.2, -0.15) is 5.26 Å². The maximum absolute atomic E-state index is 13.6. The summed E-state index contributed by atoms with van der Waals surface area (Å²) in [7, 11) is 1.93. The summed E-state index contributed by atoms with van der Waals surface area (Å²) in [4.78, 5) is 2.04. The molecule has 0 aliphatic heterocycles. The highest BCUT2D eigenvalue weighted by Crippen LogP contribution is 2.13. The van der Waals surface area contributed by atoms with E-state index in [9.17, 15) is 4.39 Å². The third-order valence-corrected chi connectivity index (χ3v) is 3.06. The van der Waals surface area contributed by atoms with Crippen LogP contribution in [-0.2, 0) is 6.54 Å². The fourth-order valence-corrected chi connectivity index (χ4v) is 1.71. The molecule has 1 unspecified atom stereocenters. The summed E-state index contributed by atoms with van der Waals surface area (Å²) in [5.74, 6) is 5.09. The predicted molar refractivity (Wildman–Crippen MR) is 76.1 cm³/mol. The number of aliphatic hydroxyl groups is 1. The molecule has 1 N–H and O–H groups in total. The minimum atomic E-state index is -0.355. The van der Waals surface area contributed by atoms with Gasteiger partial charge >= 0.3 is 0 Å². The van der Waals surface area contributed by atoms with Gasteiger partial charge in [0.1, 0.15) is 5.82 Å². The summed E-state index contributed by atoms with van der Waals surface area (Å²) in [6, 6.07) is 7.13. The maximum Gasteiger partial charge on any atom is 0.138 e. The highest BCUT2D eigenvalue weighted by molar-refractivity contribution is 5.38. The van der Waals surface area contributed by atoms with Gasteiger partial charge in [0.2, 0.25) is 0 Å². The molecule has 0 aromatic heterocycles. The summed E-state index contributed by atoms with van der Waals surface area (Å²) < 4.78 is 13.6. The van der Waals surface area contributed by atoms with Crippen LogP contribution < -0.4 is 0 Å². The van der Waals surface area contributed by atoms with Crippen LogP contribution in [0.25, 0.3) is 0 Å². The van der Waals surface area contributed by atoms with Crippen molar-refractivity contribution in [3.8, 4) is 17.9 Å². The smallest absolute Gasteiger partial charge is 0.138 e. The zero-order valence-electron chi connectivity index (χ0n) is 11.9. The molecule has 1 rings (SSSR count). The van der Waals surface area contributed by atoms with Gasteiger partial charge in [-0.25, -0.2) is 4.39 Å². The molecule has 0 fully saturated rings. The minimum Gasteiger partial charge on any atom is -0.395 e. The molecular weight excluding hydrogens is 255 g/mol. The first-order chi connectivity index (χ1) is 9.58. The zero-order chi connectivity index (χ0) is 15.0. The van der Waals surface area contributed by atoms with Crippen molar-refractivity contribution >= 4 is 0 Å². The Kier molecular flexibility index (Phi) is 6.73. The standard InChI is InChI=1S/C16H19FN2O/c1-13(8-9-18)19(2)12-14-6-7-16(17)15(11-14)5-3-4-10-20/h6-7,11,13,20H,4,8,10,12H2,1-2H3. The Morgan fingerprint density at radius 2 is 2.20 bits per heavy atom. The fourth-order valence-electron chi connectivity index (χ4n) is 1.71. The minimum absolute atomic E-state index is 0.0251. The molecule has 0 aliphatic carbocycles. The molecular formula is C16H19FN2O. The van der Waals surface area contributed by atoms with Gasteiger partial charge in [-0.15, -0.1) is 0 Å². The number of nitriles is 1. The van der Waals surface area contributed by atoms with E-state index in [0.29, 0.717) is 24.9 Å². The molecule has 0 aliphatic rings. The first kappa shape index (κ1) is 16.2. The number of rotatable bonds is 5. The fraction of sp³-hybridized carbons (Fsp3) is 0.438. The van der Waals surface area contributed by atoms with E-state index in [1.165, 1.54) is 6.07 Å². The lowest BCUT2D eigenvalue weighted by atomic mass is 10.1. The average Bonchev–Trinajstić information content (AvgIpc) is 2.42.